The number of hydrogen-bond acceptors (Lipinski definition) is 1. The lowest BCUT2D eigenvalue weighted by Gasteiger charge is -2.16. The van der Waals surface area contributed by atoms with E-state index >= 15 is 0 Å². The molecule has 2 heteroatoms. The maximum atomic E-state index is 5.90. The van der Waals surface area contributed by atoms with Crippen LogP contribution < -0.4 is 0 Å². The number of halogens is 1. The summed E-state index contributed by atoms with van der Waals surface area (Å²) in [6.07, 6.45) is 0. The van der Waals surface area contributed by atoms with Gasteiger partial charge in [-0.05, 0) is 13.8 Å². The molecule has 0 aromatic heterocycles. The summed E-state index contributed by atoms with van der Waals surface area (Å²) in [6, 6.07) is 0.298. The van der Waals surface area contributed by atoms with Crippen LogP contribution in [0.25, 0.3) is 0 Å². The van der Waals surface area contributed by atoms with E-state index in [-0.39, 0.29) is 5.41 Å². The third kappa shape index (κ3) is 3.89. The fourth-order valence-corrected chi connectivity index (χ4v) is 0.616. The highest BCUT2D eigenvalue weighted by atomic mass is 35.5. The first-order chi connectivity index (χ1) is 4.34. The Kier molecular flexibility index (Phi) is 3.37. The molecule has 0 radical (unpaired) electrons. The highest BCUT2D eigenvalue weighted by Gasteiger charge is 2.16. The van der Waals surface area contributed by atoms with Crippen LogP contribution in [0.3, 0.4) is 0 Å². The second kappa shape index (κ2) is 3.38. The quantitative estimate of drug-likeness (QED) is 0.525. The first-order valence-corrected chi connectivity index (χ1v) is 3.95. The van der Waals surface area contributed by atoms with E-state index in [2.05, 4.69) is 25.8 Å². The molecule has 0 unspecified atom stereocenters. The van der Waals surface area contributed by atoms with Crippen molar-refractivity contribution >= 4 is 16.8 Å². The molecular formula is C8H16ClN. The van der Waals surface area contributed by atoms with Gasteiger partial charge in [0.2, 0.25) is 0 Å². The molecule has 0 saturated carbocycles. The topological polar surface area (TPSA) is 12.4 Å². The van der Waals surface area contributed by atoms with Crippen molar-refractivity contribution < 1.29 is 0 Å². The van der Waals surface area contributed by atoms with Crippen LogP contribution in [0.15, 0.2) is 4.99 Å². The first-order valence-electron chi connectivity index (χ1n) is 3.58. The van der Waals surface area contributed by atoms with Gasteiger partial charge in [-0.2, -0.15) is 0 Å². The molecule has 0 fully saturated rings. The molecule has 0 heterocycles. The van der Waals surface area contributed by atoms with E-state index in [1.54, 1.807) is 0 Å². The van der Waals surface area contributed by atoms with E-state index in [9.17, 15) is 0 Å². The molecule has 0 aliphatic carbocycles. The summed E-state index contributed by atoms with van der Waals surface area (Å²) in [5, 5.41) is 0.711. The zero-order valence-electron chi connectivity index (χ0n) is 7.40. The lowest BCUT2D eigenvalue weighted by Crippen LogP contribution is -2.16. The predicted octanol–water partition coefficient (Wildman–Crippen LogP) is 3.08. The summed E-state index contributed by atoms with van der Waals surface area (Å²) in [7, 11) is 0. The molecule has 0 rings (SSSR count). The Hall–Kier alpha value is -0.0400. The fourth-order valence-electron chi connectivity index (χ4n) is 0.420. The smallest absolute Gasteiger partial charge is 0.106 e. The van der Waals surface area contributed by atoms with E-state index in [1.807, 2.05) is 13.8 Å². The number of nitrogens with zero attached hydrogens (tertiary/aromatic N) is 1. The number of rotatable bonds is 1. The Bertz CT molecular complexity index is 131. The van der Waals surface area contributed by atoms with Crippen molar-refractivity contribution in [2.75, 3.05) is 0 Å². The molecule has 0 spiro atoms. The Labute approximate surface area is 68.5 Å². The van der Waals surface area contributed by atoms with Gasteiger partial charge in [-0.3, -0.25) is 4.99 Å². The van der Waals surface area contributed by atoms with E-state index in [0.29, 0.717) is 11.2 Å². The second-order valence-corrected chi connectivity index (χ2v) is 4.12. The lowest BCUT2D eigenvalue weighted by atomic mass is 9.98. The zero-order valence-corrected chi connectivity index (χ0v) is 8.16. The molecule has 1 nitrogen and oxygen atoms in total. The molecule has 0 aliphatic heterocycles. The molecule has 0 atom stereocenters. The molecule has 0 bridgehead atoms. The van der Waals surface area contributed by atoms with Crippen molar-refractivity contribution in [1.82, 2.24) is 0 Å². The van der Waals surface area contributed by atoms with Crippen molar-refractivity contribution in [1.29, 1.82) is 0 Å². The Morgan fingerprint density at radius 2 is 1.70 bits per heavy atom. The average molecular weight is 162 g/mol. The van der Waals surface area contributed by atoms with Gasteiger partial charge in [0.15, 0.2) is 0 Å². The highest BCUT2D eigenvalue weighted by Crippen LogP contribution is 2.19. The number of aliphatic imine (C=N–C) groups is 1. The summed E-state index contributed by atoms with van der Waals surface area (Å²) in [6.45, 7) is 10.2. The Balaban J connectivity index is 4.20. The van der Waals surface area contributed by atoms with E-state index < -0.39 is 0 Å². The van der Waals surface area contributed by atoms with Gasteiger partial charge in [-0.25, -0.2) is 0 Å². The van der Waals surface area contributed by atoms with E-state index in [0.717, 1.165) is 0 Å². The van der Waals surface area contributed by atoms with Crippen LogP contribution in [0.4, 0.5) is 0 Å². The van der Waals surface area contributed by atoms with Crippen molar-refractivity contribution in [3.8, 4) is 0 Å². The van der Waals surface area contributed by atoms with Gasteiger partial charge in [0.1, 0.15) is 5.17 Å². The summed E-state index contributed by atoms with van der Waals surface area (Å²) in [5.74, 6) is 0. The first kappa shape index (κ1) is 9.96. The fraction of sp³-hybridized carbons (Fsp3) is 0.875. The summed E-state index contributed by atoms with van der Waals surface area (Å²) >= 11 is 5.90. The molecule has 0 aliphatic rings. The van der Waals surface area contributed by atoms with Gasteiger partial charge in [-0.1, -0.05) is 32.4 Å². The molecule has 0 aromatic carbocycles. The normalized spacial score (nSPS) is 14.5. The lowest BCUT2D eigenvalue weighted by molar-refractivity contribution is 0.593. The van der Waals surface area contributed by atoms with Gasteiger partial charge >= 0.3 is 0 Å². The second-order valence-electron chi connectivity index (χ2n) is 3.76. The molecule has 0 amide bonds. The maximum Gasteiger partial charge on any atom is 0.106 e. The van der Waals surface area contributed by atoms with Gasteiger partial charge in [0.05, 0.1) is 0 Å². The monoisotopic (exact) mass is 161 g/mol. The molecule has 0 aromatic rings. The van der Waals surface area contributed by atoms with Crippen molar-refractivity contribution in [3.05, 3.63) is 0 Å². The van der Waals surface area contributed by atoms with Crippen LogP contribution in [0, 0.1) is 5.41 Å². The van der Waals surface area contributed by atoms with E-state index in [4.69, 9.17) is 11.6 Å². The molecular weight excluding hydrogens is 146 g/mol. The van der Waals surface area contributed by atoms with Crippen molar-refractivity contribution in [2.24, 2.45) is 10.4 Å². The molecule has 0 N–H and O–H groups in total. The summed E-state index contributed by atoms with van der Waals surface area (Å²) < 4.78 is 0. The third-order valence-electron chi connectivity index (χ3n) is 0.990. The standard InChI is InChI=1S/C8H16ClN/c1-6(2)10-7(9)8(3,4)5/h6H,1-5H3. The Morgan fingerprint density at radius 3 is 1.80 bits per heavy atom. The Morgan fingerprint density at radius 1 is 1.30 bits per heavy atom. The zero-order chi connectivity index (χ0) is 8.36. The van der Waals surface area contributed by atoms with Crippen LogP contribution in [-0.2, 0) is 0 Å². The van der Waals surface area contributed by atoms with Gasteiger partial charge in [0.25, 0.3) is 0 Å². The van der Waals surface area contributed by atoms with Gasteiger partial charge in [0, 0.05) is 11.5 Å². The van der Waals surface area contributed by atoms with E-state index in [1.165, 1.54) is 0 Å². The van der Waals surface area contributed by atoms with Crippen molar-refractivity contribution in [3.63, 3.8) is 0 Å². The predicted molar refractivity (Wildman–Crippen MR) is 47.9 cm³/mol. The molecule has 60 valence electrons. The maximum absolute atomic E-state index is 5.90. The minimum absolute atomic E-state index is 0.00578. The van der Waals surface area contributed by atoms with Crippen LogP contribution in [0.1, 0.15) is 34.6 Å². The van der Waals surface area contributed by atoms with Crippen LogP contribution >= 0.6 is 11.6 Å². The minimum atomic E-state index is 0.00578. The third-order valence-corrected chi connectivity index (χ3v) is 1.65. The van der Waals surface area contributed by atoms with Crippen LogP contribution in [-0.4, -0.2) is 11.2 Å². The highest BCUT2D eigenvalue weighted by molar-refractivity contribution is 6.66. The van der Waals surface area contributed by atoms with Crippen LogP contribution in [0.5, 0.6) is 0 Å². The molecule has 10 heavy (non-hydrogen) atoms. The SMILES string of the molecule is CC(C)N=C(Cl)C(C)(C)C. The summed E-state index contributed by atoms with van der Waals surface area (Å²) in [5.41, 5.74) is 0.00578. The molecule has 0 saturated heterocycles. The average Bonchev–Trinajstić information content (AvgIpc) is 1.60. The summed E-state index contributed by atoms with van der Waals surface area (Å²) in [4.78, 5) is 4.23. The van der Waals surface area contributed by atoms with Crippen molar-refractivity contribution in [2.45, 2.75) is 40.7 Å². The largest absolute Gasteiger partial charge is 0.274 e. The van der Waals surface area contributed by atoms with Gasteiger partial charge in [-0.15, -0.1) is 0 Å². The van der Waals surface area contributed by atoms with Gasteiger partial charge < -0.3 is 0 Å². The van der Waals surface area contributed by atoms with Crippen LogP contribution in [0.2, 0.25) is 0 Å². The minimum Gasteiger partial charge on any atom is -0.274 e. The number of hydrogen-bond donors (Lipinski definition) is 0.